The third-order valence-electron chi connectivity index (χ3n) is 5.42. The number of carbonyl (C=O) groups is 2. The minimum absolute atomic E-state index is 0.144. The molecule has 0 aliphatic rings. The van der Waals surface area contributed by atoms with Crippen molar-refractivity contribution in [2.24, 2.45) is 0 Å². The molecule has 0 aromatic heterocycles. The van der Waals surface area contributed by atoms with Crippen LogP contribution in [0.4, 0.5) is 4.39 Å². The van der Waals surface area contributed by atoms with Gasteiger partial charge in [0, 0.05) is 18.5 Å². The van der Waals surface area contributed by atoms with E-state index in [1.54, 1.807) is 24.3 Å². The average Bonchev–Trinajstić information content (AvgIpc) is 2.81. The molecule has 3 aromatic rings. The van der Waals surface area contributed by atoms with E-state index in [9.17, 15) is 14.0 Å². The van der Waals surface area contributed by atoms with Gasteiger partial charge in [0.1, 0.15) is 17.6 Å². The summed E-state index contributed by atoms with van der Waals surface area (Å²) >= 11 is 0. The lowest BCUT2D eigenvalue weighted by atomic mass is 10.0. The molecule has 2 amide bonds. The molecule has 0 aliphatic carbocycles. The monoisotopic (exact) mass is 476 g/mol. The number of rotatable bonds is 9. The lowest BCUT2D eigenvalue weighted by molar-refractivity contribution is -0.143. The number of hydrogen-bond donors (Lipinski definition) is 1. The molecular weight excluding hydrogens is 443 g/mol. The van der Waals surface area contributed by atoms with Crippen molar-refractivity contribution in [3.8, 4) is 5.75 Å². The van der Waals surface area contributed by atoms with Gasteiger partial charge in [0.05, 0.1) is 0 Å². The van der Waals surface area contributed by atoms with Crippen molar-refractivity contribution < 1.29 is 18.7 Å². The summed E-state index contributed by atoms with van der Waals surface area (Å²) in [6.07, 6.45) is 0.334. The van der Waals surface area contributed by atoms with E-state index < -0.39 is 11.6 Å². The number of benzene rings is 3. The van der Waals surface area contributed by atoms with Crippen molar-refractivity contribution in [2.45, 2.75) is 52.2 Å². The zero-order valence-corrected chi connectivity index (χ0v) is 20.8. The van der Waals surface area contributed by atoms with Gasteiger partial charge in [-0.15, -0.1) is 0 Å². The fraction of sp³-hybridized carbons (Fsp3) is 0.310. The lowest BCUT2D eigenvalue weighted by Gasteiger charge is -2.33. The van der Waals surface area contributed by atoms with E-state index in [0.29, 0.717) is 12.2 Å². The van der Waals surface area contributed by atoms with Crippen LogP contribution in [0, 0.1) is 12.7 Å². The topological polar surface area (TPSA) is 58.6 Å². The second-order valence-corrected chi connectivity index (χ2v) is 9.69. The Morgan fingerprint density at radius 2 is 1.54 bits per heavy atom. The Balaban J connectivity index is 1.91. The Labute approximate surface area is 206 Å². The Hall–Kier alpha value is -3.67. The summed E-state index contributed by atoms with van der Waals surface area (Å²) in [5.74, 6) is -0.378. The predicted molar refractivity (Wildman–Crippen MR) is 135 cm³/mol. The van der Waals surface area contributed by atoms with Gasteiger partial charge in [0.25, 0.3) is 5.91 Å². The molecule has 0 saturated carbocycles. The second-order valence-electron chi connectivity index (χ2n) is 9.69. The zero-order chi connectivity index (χ0) is 25.4. The van der Waals surface area contributed by atoms with E-state index in [-0.39, 0.29) is 30.8 Å². The smallest absolute Gasteiger partial charge is 0.261 e. The standard InChI is InChI=1S/C29H33FN2O3/c1-21-10-16-25(17-11-21)35-20-27(33)32(19-23-12-14-24(30)15-13-23)26(28(34)31-29(2,3)4)18-22-8-6-5-7-9-22/h5-17,26H,18-20H2,1-4H3,(H,31,34). The largest absolute Gasteiger partial charge is 0.484 e. The van der Waals surface area contributed by atoms with Crippen LogP contribution < -0.4 is 10.1 Å². The van der Waals surface area contributed by atoms with E-state index in [1.807, 2.05) is 70.2 Å². The van der Waals surface area contributed by atoms with Gasteiger partial charge in [-0.2, -0.15) is 0 Å². The molecule has 6 heteroatoms. The van der Waals surface area contributed by atoms with Crippen molar-refractivity contribution in [1.29, 1.82) is 0 Å². The molecule has 0 heterocycles. The summed E-state index contributed by atoms with van der Waals surface area (Å²) in [6.45, 7) is 7.59. The Kier molecular flexibility index (Phi) is 8.63. The van der Waals surface area contributed by atoms with Crippen LogP contribution >= 0.6 is 0 Å². The normalized spacial score (nSPS) is 12.0. The molecule has 3 rings (SSSR count). The van der Waals surface area contributed by atoms with Crippen LogP contribution in [0.3, 0.4) is 0 Å². The SMILES string of the molecule is Cc1ccc(OCC(=O)N(Cc2ccc(F)cc2)C(Cc2ccccc2)C(=O)NC(C)(C)C)cc1. The molecule has 1 atom stereocenters. The number of halogens is 1. The van der Waals surface area contributed by atoms with Gasteiger partial charge in [-0.25, -0.2) is 4.39 Å². The molecule has 1 N–H and O–H groups in total. The minimum atomic E-state index is -0.782. The van der Waals surface area contributed by atoms with Gasteiger partial charge in [0.2, 0.25) is 5.91 Å². The molecule has 0 bridgehead atoms. The van der Waals surface area contributed by atoms with Crippen LogP contribution in [0.25, 0.3) is 0 Å². The molecular formula is C29H33FN2O3. The maximum Gasteiger partial charge on any atom is 0.261 e. The first-order chi connectivity index (χ1) is 16.6. The van der Waals surface area contributed by atoms with Gasteiger partial charge in [-0.1, -0.05) is 60.2 Å². The van der Waals surface area contributed by atoms with Crippen LogP contribution in [0.15, 0.2) is 78.9 Å². The maximum atomic E-state index is 13.5. The average molecular weight is 477 g/mol. The van der Waals surface area contributed by atoms with Crippen LogP contribution in [0.5, 0.6) is 5.75 Å². The summed E-state index contributed by atoms with van der Waals surface area (Å²) in [7, 11) is 0. The Bertz CT molecular complexity index is 1110. The highest BCUT2D eigenvalue weighted by Crippen LogP contribution is 2.18. The van der Waals surface area contributed by atoms with Crippen LogP contribution in [-0.4, -0.2) is 34.9 Å². The molecule has 0 aliphatic heterocycles. The van der Waals surface area contributed by atoms with Gasteiger partial charge in [0.15, 0.2) is 6.61 Å². The highest BCUT2D eigenvalue weighted by Gasteiger charge is 2.32. The van der Waals surface area contributed by atoms with Crippen molar-refractivity contribution in [2.75, 3.05) is 6.61 Å². The number of amides is 2. The van der Waals surface area contributed by atoms with Gasteiger partial charge in [-0.3, -0.25) is 9.59 Å². The molecule has 0 fully saturated rings. The van der Waals surface area contributed by atoms with Crippen molar-refractivity contribution in [1.82, 2.24) is 10.2 Å². The predicted octanol–water partition coefficient (Wildman–Crippen LogP) is 5.07. The molecule has 0 spiro atoms. The lowest BCUT2D eigenvalue weighted by Crippen LogP contribution is -2.55. The number of hydrogen-bond acceptors (Lipinski definition) is 3. The van der Waals surface area contributed by atoms with Crippen LogP contribution in [0.1, 0.15) is 37.5 Å². The van der Waals surface area contributed by atoms with E-state index in [4.69, 9.17) is 4.74 Å². The summed E-state index contributed by atoms with van der Waals surface area (Å²) in [4.78, 5) is 28.5. The number of carbonyl (C=O) groups excluding carboxylic acids is 2. The molecule has 3 aromatic carbocycles. The summed E-state index contributed by atoms with van der Waals surface area (Å²) in [5.41, 5.74) is 2.26. The molecule has 1 unspecified atom stereocenters. The summed E-state index contributed by atoms with van der Waals surface area (Å²) < 4.78 is 19.3. The van der Waals surface area contributed by atoms with Gasteiger partial charge >= 0.3 is 0 Å². The van der Waals surface area contributed by atoms with Crippen molar-refractivity contribution in [3.05, 3.63) is 101 Å². The Morgan fingerprint density at radius 1 is 0.914 bits per heavy atom. The maximum absolute atomic E-state index is 13.5. The highest BCUT2D eigenvalue weighted by molar-refractivity contribution is 5.89. The third kappa shape index (κ3) is 8.25. The quantitative estimate of drug-likeness (QED) is 0.469. The van der Waals surface area contributed by atoms with E-state index in [2.05, 4.69) is 5.32 Å². The number of nitrogens with zero attached hydrogens (tertiary/aromatic N) is 1. The number of aryl methyl sites for hydroxylation is 1. The molecule has 5 nitrogen and oxygen atoms in total. The Morgan fingerprint density at radius 3 is 2.14 bits per heavy atom. The first-order valence-electron chi connectivity index (χ1n) is 11.7. The molecule has 35 heavy (non-hydrogen) atoms. The number of nitrogens with one attached hydrogen (secondary N) is 1. The third-order valence-corrected chi connectivity index (χ3v) is 5.42. The summed E-state index contributed by atoms with van der Waals surface area (Å²) in [5, 5.41) is 3.02. The molecule has 0 saturated heterocycles. The van der Waals surface area contributed by atoms with Crippen LogP contribution in [-0.2, 0) is 22.6 Å². The second kappa shape index (κ2) is 11.6. The number of ether oxygens (including phenoxy) is 1. The van der Waals surface area contributed by atoms with Crippen molar-refractivity contribution >= 4 is 11.8 Å². The molecule has 0 radical (unpaired) electrons. The van der Waals surface area contributed by atoms with Gasteiger partial charge < -0.3 is 15.0 Å². The fourth-order valence-corrected chi connectivity index (χ4v) is 3.66. The van der Waals surface area contributed by atoms with E-state index in [1.165, 1.54) is 17.0 Å². The van der Waals surface area contributed by atoms with E-state index in [0.717, 1.165) is 16.7 Å². The minimum Gasteiger partial charge on any atom is -0.484 e. The first-order valence-corrected chi connectivity index (χ1v) is 11.7. The molecule has 184 valence electrons. The zero-order valence-electron chi connectivity index (χ0n) is 20.8. The highest BCUT2D eigenvalue weighted by atomic mass is 19.1. The fourth-order valence-electron chi connectivity index (χ4n) is 3.66. The van der Waals surface area contributed by atoms with Crippen LogP contribution in [0.2, 0.25) is 0 Å². The van der Waals surface area contributed by atoms with E-state index >= 15 is 0 Å². The first kappa shape index (κ1) is 25.9. The summed E-state index contributed by atoms with van der Waals surface area (Å²) in [6, 6.07) is 22.2. The van der Waals surface area contributed by atoms with Gasteiger partial charge in [-0.05, 0) is 63.1 Å². The van der Waals surface area contributed by atoms with Crippen molar-refractivity contribution in [3.63, 3.8) is 0 Å².